The number of rotatable bonds is 2. The highest BCUT2D eigenvalue weighted by molar-refractivity contribution is 9.10. The molecular formula is C14H13BrN2. The highest BCUT2D eigenvalue weighted by Gasteiger charge is 2.08. The van der Waals surface area contributed by atoms with Crippen molar-refractivity contribution in [1.82, 2.24) is 4.98 Å². The fourth-order valence-electron chi connectivity index (χ4n) is 1.72. The van der Waals surface area contributed by atoms with Crippen LogP contribution in [0.5, 0.6) is 0 Å². The smallest absolute Gasteiger partial charge is 0.0724 e. The summed E-state index contributed by atoms with van der Waals surface area (Å²) in [5, 5.41) is 4.44. The normalized spacial score (nSPS) is 10.5. The van der Waals surface area contributed by atoms with Crippen molar-refractivity contribution in [3.05, 3.63) is 34.4 Å². The Hall–Kier alpha value is -1.53. The van der Waals surface area contributed by atoms with Crippen molar-refractivity contribution in [3.63, 3.8) is 0 Å². The molecule has 0 amide bonds. The molecule has 1 aromatic heterocycles. The monoisotopic (exact) mass is 288 g/mol. The Balaban J connectivity index is 2.73. The van der Waals surface area contributed by atoms with Gasteiger partial charge in [-0.25, -0.2) is 0 Å². The number of terminal acetylenes is 1. The first kappa shape index (κ1) is 11.9. The number of nitrogens with one attached hydrogen (secondary N) is 1. The van der Waals surface area contributed by atoms with Crippen molar-refractivity contribution in [2.24, 2.45) is 0 Å². The van der Waals surface area contributed by atoms with E-state index < -0.39 is 0 Å². The quantitative estimate of drug-likeness (QED) is 0.851. The minimum Gasteiger partial charge on any atom is -0.381 e. The van der Waals surface area contributed by atoms with Crippen molar-refractivity contribution in [2.45, 2.75) is 19.9 Å². The van der Waals surface area contributed by atoms with Gasteiger partial charge < -0.3 is 5.32 Å². The van der Waals surface area contributed by atoms with Gasteiger partial charge in [-0.2, -0.15) is 0 Å². The summed E-state index contributed by atoms with van der Waals surface area (Å²) in [6.45, 7) is 4.18. The molecule has 0 spiro atoms. The second-order valence-electron chi connectivity index (χ2n) is 4.15. The van der Waals surface area contributed by atoms with Crippen LogP contribution in [0.1, 0.15) is 19.4 Å². The average Bonchev–Trinajstić information content (AvgIpc) is 2.29. The van der Waals surface area contributed by atoms with Crippen LogP contribution in [0, 0.1) is 12.3 Å². The molecule has 1 N–H and O–H groups in total. The van der Waals surface area contributed by atoms with Crippen LogP contribution in [0.4, 0.5) is 5.69 Å². The molecule has 0 atom stereocenters. The third-order valence-corrected chi connectivity index (χ3v) is 2.91. The molecule has 0 unspecified atom stereocenters. The SMILES string of the molecule is C#Cc1cnc2ccc(Br)cc2c1NC(C)C. The number of pyridine rings is 1. The lowest BCUT2D eigenvalue weighted by molar-refractivity contribution is 0.900. The summed E-state index contributed by atoms with van der Waals surface area (Å²) in [6.07, 6.45) is 7.25. The molecule has 0 aliphatic rings. The molecule has 86 valence electrons. The van der Waals surface area contributed by atoms with Crippen molar-refractivity contribution in [2.75, 3.05) is 5.32 Å². The zero-order valence-electron chi connectivity index (χ0n) is 9.79. The summed E-state index contributed by atoms with van der Waals surface area (Å²) >= 11 is 3.47. The van der Waals surface area contributed by atoms with Gasteiger partial charge in [0.25, 0.3) is 0 Å². The first-order valence-corrected chi connectivity index (χ1v) is 6.22. The van der Waals surface area contributed by atoms with Gasteiger partial charge in [0.1, 0.15) is 0 Å². The Morgan fingerprint density at radius 2 is 2.18 bits per heavy atom. The predicted molar refractivity (Wildman–Crippen MR) is 76.1 cm³/mol. The summed E-state index contributed by atoms with van der Waals surface area (Å²) in [7, 11) is 0. The Morgan fingerprint density at radius 1 is 1.41 bits per heavy atom. The number of halogens is 1. The number of aromatic nitrogens is 1. The molecule has 17 heavy (non-hydrogen) atoms. The molecule has 0 aliphatic carbocycles. The molecule has 0 bridgehead atoms. The van der Waals surface area contributed by atoms with Crippen molar-refractivity contribution in [1.29, 1.82) is 0 Å². The summed E-state index contributed by atoms with van der Waals surface area (Å²) in [5.41, 5.74) is 2.72. The van der Waals surface area contributed by atoms with Crippen molar-refractivity contribution in [3.8, 4) is 12.3 Å². The lowest BCUT2D eigenvalue weighted by atomic mass is 10.1. The fraction of sp³-hybridized carbons (Fsp3) is 0.214. The zero-order chi connectivity index (χ0) is 12.4. The molecule has 0 radical (unpaired) electrons. The molecular weight excluding hydrogens is 276 g/mol. The van der Waals surface area contributed by atoms with Crippen molar-refractivity contribution >= 4 is 32.5 Å². The number of anilines is 1. The second kappa shape index (κ2) is 4.77. The van der Waals surface area contributed by atoms with E-state index in [0.717, 1.165) is 26.6 Å². The number of hydrogen-bond acceptors (Lipinski definition) is 2. The number of nitrogens with zero attached hydrogens (tertiary/aromatic N) is 1. The molecule has 0 saturated carbocycles. The number of hydrogen-bond donors (Lipinski definition) is 1. The Bertz CT molecular complexity index is 597. The van der Waals surface area contributed by atoms with Gasteiger partial charge in [-0.3, -0.25) is 4.98 Å². The minimum absolute atomic E-state index is 0.326. The maximum Gasteiger partial charge on any atom is 0.0724 e. The van der Waals surface area contributed by atoms with E-state index >= 15 is 0 Å². The molecule has 3 heteroatoms. The van der Waals surface area contributed by atoms with Crippen LogP contribution >= 0.6 is 15.9 Å². The molecule has 2 aromatic rings. The largest absolute Gasteiger partial charge is 0.381 e. The van der Waals surface area contributed by atoms with E-state index in [4.69, 9.17) is 6.42 Å². The first-order chi connectivity index (χ1) is 8.11. The summed E-state index contributed by atoms with van der Waals surface area (Å²) in [5.74, 6) is 2.67. The minimum atomic E-state index is 0.326. The van der Waals surface area contributed by atoms with E-state index in [1.54, 1.807) is 6.20 Å². The summed E-state index contributed by atoms with van der Waals surface area (Å²) in [6, 6.07) is 6.31. The Morgan fingerprint density at radius 3 is 2.82 bits per heavy atom. The van der Waals surface area contributed by atoms with E-state index in [9.17, 15) is 0 Å². The lowest BCUT2D eigenvalue weighted by Crippen LogP contribution is -2.11. The van der Waals surface area contributed by atoms with Gasteiger partial charge in [-0.05, 0) is 32.0 Å². The molecule has 2 nitrogen and oxygen atoms in total. The molecule has 0 aliphatic heterocycles. The molecule has 0 fully saturated rings. The van der Waals surface area contributed by atoms with E-state index in [1.165, 1.54) is 0 Å². The van der Waals surface area contributed by atoms with Crippen LogP contribution in [-0.2, 0) is 0 Å². The molecule has 1 aromatic carbocycles. The topological polar surface area (TPSA) is 24.9 Å². The van der Waals surface area contributed by atoms with Crippen LogP contribution < -0.4 is 5.32 Å². The first-order valence-electron chi connectivity index (χ1n) is 5.43. The zero-order valence-corrected chi connectivity index (χ0v) is 11.4. The molecule has 0 saturated heterocycles. The van der Waals surface area contributed by atoms with Gasteiger partial charge in [-0.15, -0.1) is 6.42 Å². The highest BCUT2D eigenvalue weighted by atomic mass is 79.9. The van der Waals surface area contributed by atoms with E-state index in [-0.39, 0.29) is 0 Å². The van der Waals surface area contributed by atoms with E-state index in [0.29, 0.717) is 6.04 Å². The Labute approximate surface area is 110 Å². The molecule has 1 heterocycles. The average molecular weight is 289 g/mol. The van der Waals surface area contributed by atoms with Gasteiger partial charge in [0.15, 0.2) is 0 Å². The van der Waals surface area contributed by atoms with Crippen LogP contribution in [0.15, 0.2) is 28.9 Å². The van der Waals surface area contributed by atoms with E-state index in [2.05, 4.69) is 46.0 Å². The van der Waals surface area contributed by atoms with E-state index in [1.807, 2.05) is 18.2 Å². The standard InChI is InChI=1S/C14H13BrN2/c1-4-10-8-16-13-6-5-11(15)7-12(13)14(10)17-9(2)3/h1,5-9H,2-3H3,(H,16,17). The predicted octanol–water partition coefficient (Wildman–Crippen LogP) is 3.80. The number of fused-ring (bicyclic) bond motifs is 1. The maximum absolute atomic E-state index is 5.51. The summed E-state index contributed by atoms with van der Waals surface area (Å²) in [4.78, 5) is 4.36. The van der Waals surface area contributed by atoms with Crippen LogP contribution in [0.3, 0.4) is 0 Å². The summed E-state index contributed by atoms with van der Waals surface area (Å²) < 4.78 is 1.02. The Kier molecular flexibility index (Phi) is 3.35. The van der Waals surface area contributed by atoms with Gasteiger partial charge in [-0.1, -0.05) is 21.9 Å². The second-order valence-corrected chi connectivity index (χ2v) is 5.07. The van der Waals surface area contributed by atoms with Crippen LogP contribution in [0.25, 0.3) is 10.9 Å². The molecule has 2 rings (SSSR count). The van der Waals surface area contributed by atoms with Crippen LogP contribution in [-0.4, -0.2) is 11.0 Å². The van der Waals surface area contributed by atoms with Crippen molar-refractivity contribution < 1.29 is 0 Å². The van der Waals surface area contributed by atoms with Gasteiger partial charge >= 0.3 is 0 Å². The van der Waals surface area contributed by atoms with Gasteiger partial charge in [0.05, 0.1) is 16.8 Å². The third-order valence-electron chi connectivity index (χ3n) is 2.42. The fourth-order valence-corrected chi connectivity index (χ4v) is 2.08. The third kappa shape index (κ3) is 2.42. The van der Waals surface area contributed by atoms with Gasteiger partial charge in [0.2, 0.25) is 0 Å². The van der Waals surface area contributed by atoms with Gasteiger partial charge in [0, 0.05) is 22.1 Å². The maximum atomic E-state index is 5.51. The lowest BCUT2D eigenvalue weighted by Gasteiger charge is -2.14. The number of benzene rings is 1. The highest BCUT2D eigenvalue weighted by Crippen LogP contribution is 2.28. The van der Waals surface area contributed by atoms with Crippen LogP contribution in [0.2, 0.25) is 0 Å².